The monoisotopic (exact) mass is 377 g/mol. The van der Waals surface area contributed by atoms with Gasteiger partial charge in [0.05, 0.1) is 12.6 Å². The van der Waals surface area contributed by atoms with Crippen molar-refractivity contribution in [1.29, 1.82) is 0 Å². The van der Waals surface area contributed by atoms with E-state index in [1.807, 2.05) is 43.3 Å². The van der Waals surface area contributed by atoms with Crippen LogP contribution in [0.4, 0.5) is 0 Å². The van der Waals surface area contributed by atoms with Crippen LogP contribution in [0.1, 0.15) is 65.8 Å². The molecule has 1 atom stereocenters. The van der Waals surface area contributed by atoms with Crippen molar-refractivity contribution in [3.63, 3.8) is 0 Å². The molecule has 0 unspecified atom stereocenters. The molecule has 1 amide bonds. The Balaban J connectivity index is 1.37. The van der Waals surface area contributed by atoms with E-state index in [-0.39, 0.29) is 12.5 Å². The van der Waals surface area contributed by atoms with Crippen molar-refractivity contribution in [3.05, 3.63) is 71.4 Å². The van der Waals surface area contributed by atoms with Crippen LogP contribution in [0.2, 0.25) is 0 Å². The van der Waals surface area contributed by atoms with Crippen LogP contribution < -0.4 is 5.32 Å². The summed E-state index contributed by atoms with van der Waals surface area (Å²) < 4.78 is 5.19. The van der Waals surface area contributed by atoms with Gasteiger partial charge in [0, 0.05) is 11.5 Å². The molecule has 0 spiro atoms. The number of nitrogens with zero attached hydrogens (tertiary/aromatic N) is 2. The molecule has 4 rings (SSSR count). The SMILES string of the molecule is CC[C@H](O)c1ccc(-c2ccc(C(=O)NCc3noc(C4CC4)n3)cc2)cc1. The molecule has 0 bridgehead atoms. The summed E-state index contributed by atoms with van der Waals surface area (Å²) >= 11 is 0. The fourth-order valence-electron chi connectivity index (χ4n) is 3.04. The van der Waals surface area contributed by atoms with Gasteiger partial charge in [-0.25, -0.2) is 0 Å². The second-order valence-corrected chi connectivity index (χ2v) is 7.13. The Hall–Kier alpha value is -2.99. The summed E-state index contributed by atoms with van der Waals surface area (Å²) in [5, 5.41) is 16.6. The zero-order chi connectivity index (χ0) is 19.5. The number of hydrogen-bond donors (Lipinski definition) is 2. The Morgan fingerprint density at radius 2 is 1.79 bits per heavy atom. The van der Waals surface area contributed by atoms with Crippen LogP contribution in [0.15, 0.2) is 53.1 Å². The lowest BCUT2D eigenvalue weighted by Gasteiger charge is -2.09. The van der Waals surface area contributed by atoms with Gasteiger partial charge in [0.2, 0.25) is 5.89 Å². The summed E-state index contributed by atoms with van der Waals surface area (Å²) in [6.07, 6.45) is 2.46. The van der Waals surface area contributed by atoms with E-state index in [2.05, 4.69) is 15.5 Å². The molecule has 0 radical (unpaired) electrons. The second-order valence-electron chi connectivity index (χ2n) is 7.13. The highest BCUT2D eigenvalue weighted by Gasteiger charge is 2.29. The third-order valence-corrected chi connectivity index (χ3v) is 4.98. The molecule has 28 heavy (non-hydrogen) atoms. The highest BCUT2D eigenvalue weighted by Crippen LogP contribution is 2.38. The number of carbonyl (C=O) groups excluding carboxylic acids is 1. The minimum Gasteiger partial charge on any atom is -0.388 e. The van der Waals surface area contributed by atoms with Crippen LogP contribution in [-0.4, -0.2) is 21.2 Å². The van der Waals surface area contributed by atoms with Gasteiger partial charge in [-0.05, 0) is 48.1 Å². The molecule has 1 fully saturated rings. The van der Waals surface area contributed by atoms with Gasteiger partial charge in [0.15, 0.2) is 5.82 Å². The first-order chi connectivity index (χ1) is 13.6. The van der Waals surface area contributed by atoms with Crippen molar-refractivity contribution >= 4 is 5.91 Å². The molecule has 6 nitrogen and oxygen atoms in total. The molecule has 1 heterocycles. The molecular weight excluding hydrogens is 354 g/mol. The third kappa shape index (κ3) is 4.12. The largest absolute Gasteiger partial charge is 0.388 e. The Morgan fingerprint density at radius 1 is 1.14 bits per heavy atom. The molecule has 2 N–H and O–H groups in total. The number of rotatable bonds is 7. The maximum Gasteiger partial charge on any atom is 0.251 e. The fourth-order valence-corrected chi connectivity index (χ4v) is 3.04. The van der Waals surface area contributed by atoms with Crippen molar-refractivity contribution < 1.29 is 14.4 Å². The Kier molecular flexibility index (Phi) is 5.21. The lowest BCUT2D eigenvalue weighted by molar-refractivity contribution is 0.0949. The second kappa shape index (κ2) is 7.94. The van der Waals surface area contributed by atoms with Crippen LogP contribution in [0, 0.1) is 0 Å². The molecule has 0 aliphatic heterocycles. The molecule has 1 aliphatic rings. The van der Waals surface area contributed by atoms with Gasteiger partial charge in [-0.3, -0.25) is 4.79 Å². The first-order valence-corrected chi connectivity index (χ1v) is 9.63. The maximum absolute atomic E-state index is 12.3. The summed E-state index contributed by atoms with van der Waals surface area (Å²) in [5.41, 5.74) is 3.54. The van der Waals surface area contributed by atoms with Crippen molar-refractivity contribution in [2.75, 3.05) is 0 Å². The van der Waals surface area contributed by atoms with E-state index in [4.69, 9.17) is 4.52 Å². The number of aliphatic hydroxyl groups is 1. The zero-order valence-electron chi connectivity index (χ0n) is 15.8. The average molecular weight is 377 g/mol. The number of amides is 1. The summed E-state index contributed by atoms with van der Waals surface area (Å²) in [7, 11) is 0. The molecule has 144 valence electrons. The molecule has 2 aromatic carbocycles. The van der Waals surface area contributed by atoms with Crippen LogP contribution in [0.3, 0.4) is 0 Å². The summed E-state index contributed by atoms with van der Waals surface area (Å²) in [6, 6.07) is 15.3. The quantitative estimate of drug-likeness (QED) is 0.650. The number of aliphatic hydroxyl groups excluding tert-OH is 1. The van der Waals surface area contributed by atoms with E-state index in [0.717, 1.165) is 29.5 Å². The Labute approximate surface area is 163 Å². The van der Waals surface area contributed by atoms with Gasteiger partial charge < -0.3 is 14.9 Å². The van der Waals surface area contributed by atoms with Crippen LogP contribution >= 0.6 is 0 Å². The van der Waals surface area contributed by atoms with E-state index < -0.39 is 6.10 Å². The predicted molar refractivity (Wildman–Crippen MR) is 105 cm³/mol. The standard InChI is InChI=1S/C22H23N3O3/c1-2-19(26)16-7-3-14(4-8-16)15-5-9-17(10-6-15)21(27)23-13-20-24-22(28-25-20)18-11-12-18/h3-10,18-19,26H,2,11-13H2,1H3,(H,23,27)/t19-/m0/s1. The van der Waals surface area contributed by atoms with Crippen molar-refractivity contribution in [2.45, 2.75) is 44.8 Å². The summed E-state index contributed by atoms with van der Waals surface area (Å²) in [5.74, 6) is 1.40. The molecular formula is C22H23N3O3. The van der Waals surface area contributed by atoms with Crippen molar-refractivity contribution in [1.82, 2.24) is 15.5 Å². The molecule has 3 aromatic rings. The Bertz CT molecular complexity index is 944. The van der Waals surface area contributed by atoms with Crippen molar-refractivity contribution in [2.24, 2.45) is 0 Å². The topological polar surface area (TPSA) is 88.2 Å². The van der Waals surface area contributed by atoms with Crippen LogP contribution in [-0.2, 0) is 6.54 Å². The van der Waals surface area contributed by atoms with E-state index in [9.17, 15) is 9.90 Å². The minimum atomic E-state index is -0.431. The maximum atomic E-state index is 12.3. The van der Waals surface area contributed by atoms with Gasteiger partial charge in [-0.2, -0.15) is 4.98 Å². The highest BCUT2D eigenvalue weighted by atomic mass is 16.5. The van der Waals surface area contributed by atoms with Gasteiger partial charge in [0.25, 0.3) is 5.91 Å². The van der Waals surface area contributed by atoms with E-state index in [1.165, 1.54) is 0 Å². The number of carbonyl (C=O) groups is 1. The molecule has 0 saturated heterocycles. The summed E-state index contributed by atoms with van der Waals surface area (Å²) in [6.45, 7) is 2.20. The number of aromatic nitrogens is 2. The van der Waals surface area contributed by atoms with E-state index in [0.29, 0.717) is 29.6 Å². The van der Waals surface area contributed by atoms with Gasteiger partial charge >= 0.3 is 0 Å². The normalized spacial score (nSPS) is 14.6. The lowest BCUT2D eigenvalue weighted by Crippen LogP contribution is -2.23. The summed E-state index contributed by atoms with van der Waals surface area (Å²) in [4.78, 5) is 16.7. The van der Waals surface area contributed by atoms with Gasteiger partial charge in [-0.1, -0.05) is 48.5 Å². The average Bonchev–Trinajstić information content (AvgIpc) is 3.49. The number of hydrogen-bond acceptors (Lipinski definition) is 5. The number of nitrogens with one attached hydrogen (secondary N) is 1. The van der Waals surface area contributed by atoms with Gasteiger partial charge in [-0.15, -0.1) is 0 Å². The molecule has 1 saturated carbocycles. The minimum absolute atomic E-state index is 0.175. The molecule has 1 aromatic heterocycles. The van der Waals surface area contributed by atoms with E-state index >= 15 is 0 Å². The van der Waals surface area contributed by atoms with Crippen LogP contribution in [0.5, 0.6) is 0 Å². The van der Waals surface area contributed by atoms with Crippen molar-refractivity contribution in [3.8, 4) is 11.1 Å². The predicted octanol–water partition coefficient (Wildman–Crippen LogP) is 3.99. The highest BCUT2D eigenvalue weighted by molar-refractivity contribution is 5.94. The van der Waals surface area contributed by atoms with Crippen LogP contribution in [0.25, 0.3) is 11.1 Å². The Morgan fingerprint density at radius 3 is 2.39 bits per heavy atom. The third-order valence-electron chi connectivity index (χ3n) is 4.98. The first kappa shape index (κ1) is 18.4. The molecule has 6 heteroatoms. The zero-order valence-corrected chi connectivity index (χ0v) is 15.8. The number of benzene rings is 2. The molecule has 1 aliphatic carbocycles. The smallest absolute Gasteiger partial charge is 0.251 e. The van der Waals surface area contributed by atoms with E-state index in [1.54, 1.807) is 12.1 Å². The fraction of sp³-hybridized carbons (Fsp3) is 0.318. The van der Waals surface area contributed by atoms with Gasteiger partial charge in [0.1, 0.15) is 0 Å². The first-order valence-electron chi connectivity index (χ1n) is 9.63. The lowest BCUT2D eigenvalue weighted by atomic mass is 10.00.